The zero-order valence-corrected chi connectivity index (χ0v) is 11.9. The minimum atomic E-state index is 0.226. The highest BCUT2D eigenvalue weighted by Gasteiger charge is 2.37. The van der Waals surface area contributed by atoms with Gasteiger partial charge in [0, 0.05) is 25.2 Å². The average molecular weight is 242 g/mol. The summed E-state index contributed by atoms with van der Waals surface area (Å²) in [5, 5.41) is 9.02. The van der Waals surface area contributed by atoms with Crippen molar-refractivity contribution in [1.82, 2.24) is 4.90 Å². The number of aliphatic hydroxyl groups is 1. The summed E-state index contributed by atoms with van der Waals surface area (Å²) >= 11 is 0. The monoisotopic (exact) mass is 242 g/mol. The molecule has 1 aliphatic rings. The van der Waals surface area contributed by atoms with Gasteiger partial charge in [0.1, 0.15) is 0 Å². The summed E-state index contributed by atoms with van der Waals surface area (Å²) in [4.78, 5) is 2.55. The molecule has 0 aromatic heterocycles. The molecule has 0 aromatic carbocycles. The van der Waals surface area contributed by atoms with Crippen LogP contribution in [0.1, 0.15) is 47.0 Å². The van der Waals surface area contributed by atoms with E-state index in [4.69, 9.17) is 10.8 Å². The maximum absolute atomic E-state index is 9.02. The number of rotatable bonds is 5. The van der Waals surface area contributed by atoms with E-state index in [0.29, 0.717) is 18.6 Å². The van der Waals surface area contributed by atoms with Crippen molar-refractivity contribution in [3.8, 4) is 0 Å². The fourth-order valence-corrected chi connectivity index (χ4v) is 3.22. The second kappa shape index (κ2) is 6.17. The van der Waals surface area contributed by atoms with Crippen LogP contribution in [0.25, 0.3) is 0 Å². The Bertz CT molecular complexity index is 225. The Balaban J connectivity index is 2.66. The molecule has 3 unspecified atom stereocenters. The molecule has 3 N–H and O–H groups in total. The number of nitrogens with two attached hydrogens (primary N) is 1. The molecule has 0 aliphatic carbocycles. The second-order valence-corrected chi connectivity index (χ2v) is 6.54. The number of aliphatic hydroxyl groups excluding tert-OH is 1. The molecule has 1 saturated heterocycles. The minimum absolute atomic E-state index is 0.226. The lowest BCUT2D eigenvalue weighted by molar-refractivity contribution is 0.0933. The number of likely N-dealkylation sites (tertiary alicyclic amines) is 1. The van der Waals surface area contributed by atoms with Crippen molar-refractivity contribution >= 4 is 0 Å². The predicted molar refractivity (Wildman–Crippen MR) is 72.9 cm³/mol. The molecule has 1 heterocycles. The van der Waals surface area contributed by atoms with Crippen molar-refractivity contribution in [2.24, 2.45) is 17.1 Å². The van der Waals surface area contributed by atoms with Gasteiger partial charge in [-0.3, -0.25) is 4.90 Å². The van der Waals surface area contributed by atoms with Gasteiger partial charge in [-0.15, -0.1) is 0 Å². The van der Waals surface area contributed by atoms with Gasteiger partial charge in [-0.2, -0.15) is 0 Å². The number of nitrogens with zero attached hydrogens (tertiary/aromatic N) is 1. The minimum Gasteiger partial charge on any atom is -0.396 e. The van der Waals surface area contributed by atoms with E-state index in [2.05, 4.69) is 32.6 Å². The molecule has 0 spiro atoms. The second-order valence-electron chi connectivity index (χ2n) is 6.54. The molecule has 0 saturated carbocycles. The maximum Gasteiger partial charge on any atom is 0.0434 e. The summed E-state index contributed by atoms with van der Waals surface area (Å²) in [5.74, 6) is 0.661. The van der Waals surface area contributed by atoms with Crippen LogP contribution < -0.4 is 5.73 Å². The van der Waals surface area contributed by atoms with Crippen molar-refractivity contribution in [3.63, 3.8) is 0 Å². The molecule has 0 aromatic rings. The third-order valence-electron chi connectivity index (χ3n) is 4.01. The van der Waals surface area contributed by atoms with Crippen LogP contribution in [0, 0.1) is 11.3 Å². The molecule has 3 atom stereocenters. The van der Waals surface area contributed by atoms with Gasteiger partial charge in [-0.05, 0) is 37.1 Å². The van der Waals surface area contributed by atoms with E-state index in [0.717, 1.165) is 25.9 Å². The van der Waals surface area contributed by atoms with Crippen LogP contribution in [0.15, 0.2) is 0 Å². The van der Waals surface area contributed by atoms with Crippen LogP contribution >= 0.6 is 0 Å². The topological polar surface area (TPSA) is 49.5 Å². The summed E-state index contributed by atoms with van der Waals surface area (Å²) in [7, 11) is 0. The molecule has 102 valence electrons. The Morgan fingerprint density at radius 1 is 1.41 bits per heavy atom. The Morgan fingerprint density at radius 3 is 2.53 bits per heavy atom. The first-order valence-corrected chi connectivity index (χ1v) is 7.00. The summed E-state index contributed by atoms with van der Waals surface area (Å²) in [6.07, 6.45) is 3.18. The van der Waals surface area contributed by atoms with E-state index in [-0.39, 0.29) is 11.5 Å². The highest BCUT2D eigenvalue weighted by atomic mass is 16.3. The van der Waals surface area contributed by atoms with Crippen molar-refractivity contribution in [2.45, 2.75) is 59.0 Å². The summed E-state index contributed by atoms with van der Waals surface area (Å²) in [5.41, 5.74) is 6.54. The fourth-order valence-electron chi connectivity index (χ4n) is 3.22. The standard InChI is InChI=1S/C14H30N2O/c1-5-12(15)13(14(2,3)4)16-8-6-11(10-16)7-9-17/h11-13,17H,5-10,15H2,1-4H3. The predicted octanol–water partition coefficient (Wildman–Crippen LogP) is 1.84. The fraction of sp³-hybridized carbons (Fsp3) is 1.00. The van der Waals surface area contributed by atoms with Crippen molar-refractivity contribution in [1.29, 1.82) is 0 Å². The van der Waals surface area contributed by atoms with Crippen LogP contribution in [0.4, 0.5) is 0 Å². The molecule has 1 aliphatic heterocycles. The van der Waals surface area contributed by atoms with Crippen molar-refractivity contribution in [3.05, 3.63) is 0 Å². The summed E-state index contributed by atoms with van der Waals surface area (Å²) in [6, 6.07) is 0.707. The SMILES string of the molecule is CCC(N)C(N1CCC(CCO)C1)C(C)(C)C. The van der Waals surface area contributed by atoms with Crippen LogP contribution in [-0.4, -0.2) is 41.8 Å². The highest BCUT2D eigenvalue weighted by Crippen LogP contribution is 2.32. The molecule has 0 bridgehead atoms. The Kier molecular flexibility index (Phi) is 5.42. The van der Waals surface area contributed by atoms with Crippen molar-refractivity contribution in [2.75, 3.05) is 19.7 Å². The van der Waals surface area contributed by atoms with Gasteiger partial charge in [0.15, 0.2) is 0 Å². The van der Waals surface area contributed by atoms with Gasteiger partial charge in [-0.1, -0.05) is 27.7 Å². The zero-order chi connectivity index (χ0) is 13.1. The van der Waals surface area contributed by atoms with E-state index in [1.54, 1.807) is 0 Å². The molecule has 3 heteroatoms. The van der Waals surface area contributed by atoms with Crippen LogP contribution in [0.3, 0.4) is 0 Å². The van der Waals surface area contributed by atoms with Gasteiger partial charge in [-0.25, -0.2) is 0 Å². The normalized spacial score (nSPS) is 26.1. The first-order valence-electron chi connectivity index (χ1n) is 7.00. The molecule has 17 heavy (non-hydrogen) atoms. The molecule has 3 nitrogen and oxygen atoms in total. The highest BCUT2D eigenvalue weighted by molar-refractivity contribution is 4.93. The molecule has 1 rings (SSSR count). The molecule has 0 radical (unpaired) electrons. The first-order chi connectivity index (χ1) is 7.90. The Morgan fingerprint density at radius 2 is 2.06 bits per heavy atom. The molecular formula is C14H30N2O. The lowest BCUT2D eigenvalue weighted by atomic mass is 9.80. The van der Waals surface area contributed by atoms with E-state index in [9.17, 15) is 0 Å². The van der Waals surface area contributed by atoms with E-state index in [1.165, 1.54) is 6.42 Å². The Hall–Kier alpha value is -0.120. The van der Waals surface area contributed by atoms with Crippen LogP contribution in [0.5, 0.6) is 0 Å². The number of hydrogen-bond donors (Lipinski definition) is 2. The van der Waals surface area contributed by atoms with E-state index in [1.807, 2.05) is 0 Å². The molecule has 0 amide bonds. The smallest absolute Gasteiger partial charge is 0.0434 e. The molecular weight excluding hydrogens is 212 g/mol. The van der Waals surface area contributed by atoms with Gasteiger partial charge < -0.3 is 10.8 Å². The quantitative estimate of drug-likeness (QED) is 0.773. The third kappa shape index (κ3) is 3.94. The lowest BCUT2D eigenvalue weighted by Gasteiger charge is -2.41. The van der Waals surface area contributed by atoms with Crippen LogP contribution in [-0.2, 0) is 0 Å². The van der Waals surface area contributed by atoms with Gasteiger partial charge in [0.2, 0.25) is 0 Å². The summed E-state index contributed by atoms with van der Waals surface area (Å²) in [6.45, 7) is 11.6. The first kappa shape index (κ1) is 14.9. The maximum atomic E-state index is 9.02. The summed E-state index contributed by atoms with van der Waals surface area (Å²) < 4.78 is 0. The largest absolute Gasteiger partial charge is 0.396 e. The lowest BCUT2D eigenvalue weighted by Crippen LogP contribution is -2.53. The van der Waals surface area contributed by atoms with Gasteiger partial charge in [0.05, 0.1) is 0 Å². The van der Waals surface area contributed by atoms with E-state index < -0.39 is 0 Å². The molecule has 1 fully saturated rings. The number of hydrogen-bond acceptors (Lipinski definition) is 3. The van der Waals surface area contributed by atoms with Gasteiger partial charge >= 0.3 is 0 Å². The van der Waals surface area contributed by atoms with Crippen molar-refractivity contribution < 1.29 is 5.11 Å². The van der Waals surface area contributed by atoms with Crippen LogP contribution in [0.2, 0.25) is 0 Å². The zero-order valence-electron chi connectivity index (χ0n) is 11.9. The Labute approximate surface area is 106 Å². The third-order valence-corrected chi connectivity index (χ3v) is 4.01. The average Bonchev–Trinajstić information content (AvgIpc) is 2.64. The van der Waals surface area contributed by atoms with E-state index >= 15 is 0 Å². The van der Waals surface area contributed by atoms with Gasteiger partial charge in [0.25, 0.3) is 0 Å².